The Morgan fingerprint density at radius 3 is 2.67 bits per heavy atom. The molecule has 0 bridgehead atoms. The fourth-order valence-electron chi connectivity index (χ4n) is 2.77. The molecule has 1 heterocycles. The molecule has 0 radical (unpaired) electrons. The third-order valence-electron chi connectivity index (χ3n) is 3.85. The Kier molecular flexibility index (Phi) is 3.76. The quantitative estimate of drug-likeness (QED) is 0.797. The molecule has 0 saturated heterocycles. The van der Waals surface area contributed by atoms with Gasteiger partial charge in [0.15, 0.2) is 0 Å². The molecule has 2 aromatic carbocycles. The van der Waals surface area contributed by atoms with E-state index in [0.717, 1.165) is 16.9 Å². The minimum atomic E-state index is -0.415. The fourth-order valence-corrected chi connectivity index (χ4v) is 2.77. The maximum Gasteiger partial charge on any atom is 0.112 e. The van der Waals surface area contributed by atoms with E-state index < -0.39 is 6.10 Å². The van der Waals surface area contributed by atoms with E-state index >= 15 is 0 Å². The van der Waals surface area contributed by atoms with Gasteiger partial charge in [-0.3, -0.25) is 0 Å². The number of imidazole rings is 1. The summed E-state index contributed by atoms with van der Waals surface area (Å²) in [5.74, 6) is 0.927. The number of aliphatic hydroxyl groups is 1. The molecule has 3 aromatic rings. The van der Waals surface area contributed by atoms with Crippen LogP contribution in [0.2, 0.25) is 0 Å². The molecule has 3 nitrogen and oxygen atoms in total. The topological polar surface area (TPSA) is 38.1 Å². The van der Waals surface area contributed by atoms with Crippen LogP contribution in [-0.4, -0.2) is 20.8 Å². The zero-order chi connectivity index (χ0) is 14.8. The Balaban J connectivity index is 1.77. The highest BCUT2D eigenvalue weighted by atomic mass is 16.3. The van der Waals surface area contributed by atoms with Crippen LogP contribution in [0.3, 0.4) is 0 Å². The van der Waals surface area contributed by atoms with Crippen molar-refractivity contribution < 1.29 is 5.11 Å². The van der Waals surface area contributed by atoms with Crippen molar-refractivity contribution in [3.63, 3.8) is 0 Å². The second-order valence-electron chi connectivity index (χ2n) is 5.63. The second kappa shape index (κ2) is 5.70. The molecule has 1 N–H and O–H groups in total. The largest absolute Gasteiger partial charge is 0.392 e. The Bertz CT molecular complexity index is 761. The summed E-state index contributed by atoms with van der Waals surface area (Å²) in [7, 11) is 2.00. The standard InChI is InChI=1S/C18H20N2O/c1-13-6-5-7-14(10-13)11-15(21)12-18-19-16-8-3-4-9-17(16)20(18)2/h3-10,15,21H,11-12H2,1-2H3. The van der Waals surface area contributed by atoms with Crippen LogP contribution in [-0.2, 0) is 19.9 Å². The van der Waals surface area contributed by atoms with Crippen molar-refractivity contribution in [2.75, 3.05) is 0 Å². The van der Waals surface area contributed by atoms with Crippen LogP contribution >= 0.6 is 0 Å². The third-order valence-corrected chi connectivity index (χ3v) is 3.85. The number of benzene rings is 2. The molecule has 1 aromatic heterocycles. The van der Waals surface area contributed by atoms with Gasteiger partial charge >= 0.3 is 0 Å². The van der Waals surface area contributed by atoms with Gasteiger partial charge < -0.3 is 9.67 Å². The van der Waals surface area contributed by atoms with Crippen LogP contribution in [0.25, 0.3) is 11.0 Å². The molecule has 0 aliphatic rings. The molecule has 1 atom stereocenters. The summed E-state index contributed by atoms with van der Waals surface area (Å²) in [6, 6.07) is 16.3. The van der Waals surface area contributed by atoms with Crippen molar-refractivity contribution in [1.82, 2.24) is 9.55 Å². The number of rotatable bonds is 4. The first-order valence-electron chi connectivity index (χ1n) is 7.27. The van der Waals surface area contributed by atoms with Crippen LogP contribution in [0.4, 0.5) is 0 Å². The molecule has 1 unspecified atom stereocenters. The van der Waals surface area contributed by atoms with Gasteiger partial charge in [-0.25, -0.2) is 4.98 Å². The van der Waals surface area contributed by atoms with Gasteiger partial charge in [-0.05, 0) is 31.0 Å². The lowest BCUT2D eigenvalue weighted by atomic mass is 10.0. The van der Waals surface area contributed by atoms with Gasteiger partial charge in [0.1, 0.15) is 5.82 Å². The Morgan fingerprint density at radius 1 is 1.10 bits per heavy atom. The van der Waals surface area contributed by atoms with Crippen molar-refractivity contribution in [2.24, 2.45) is 7.05 Å². The number of fused-ring (bicyclic) bond motifs is 1. The molecule has 0 spiro atoms. The minimum absolute atomic E-state index is 0.415. The number of aliphatic hydroxyl groups excluding tert-OH is 1. The van der Waals surface area contributed by atoms with Crippen LogP contribution in [0.5, 0.6) is 0 Å². The summed E-state index contributed by atoms with van der Waals surface area (Å²) in [6.07, 6.45) is 0.812. The van der Waals surface area contributed by atoms with Crippen molar-refractivity contribution in [1.29, 1.82) is 0 Å². The van der Waals surface area contributed by atoms with Crippen LogP contribution < -0.4 is 0 Å². The molecule has 0 aliphatic carbocycles. The Labute approximate surface area is 124 Å². The van der Waals surface area contributed by atoms with E-state index in [9.17, 15) is 5.11 Å². The van der Waals surface area contributed by atoms with Crippen molar-refractivity contribution in [2.45, 2.75) is 25.9 Å². The second-order valence-corrected chi connectivity index (χ2v) is 5.63. The highest BCUT2D eigenvalue weighted by Gasteiger charge is 2.13. The smallest absolute Gasteiger partial charge is 0.112 e. The molecular formula is C18H20N2O. The molecule has 0 fully saturated rings. The molecule has 108 valence electrons. The number of aromatic nitrogens is 2. The maximum atomic E-state index is 10.3. The normalized spacial score (nSPS) is 12.7. The van der Waals surface area contributed by atoms with Crippen molar-refractivity contribution in [3.8, 4) is 0 Å². The first-order chi connectivity index (χ1) is 10.1. The van der Waals surface area contributed by atoms with Crippen LogP contribution in [0.15, 0.2) is 48.5 Å². The van der Waals surface area contributed by atoms with Gasteiger partial charge in [-0.1, -0.05) is 42.0 Å². The monoisotopic (exact) mass is 280 g/mol. The van der Waals surface area contributed by atoms with Gasteiger partial charge in [0.05, 0.1) is 17.1 Å². The summed E-state index contributed by atoms with van der Waals surface area (Å²) in [6.45, 7) is 2.07. The first kappa shape index (κ1) is 13.8. The van der Waals surface area contributed by atoms with E-state index in [4.69, 9.17) is 0 Å². The van der Waals surface area contributed by atoms with Gasteiger partial charge in [0.2, 0.25) is 0 Å². The van der Waals surface area contributed by atoms with E-state index in [1.807, 2.05) is 31.3 Å². The van der Waals surface area contributed by atoms with E-state index in [-0.39, 0.29) is 0 Å². The van der Waals surface area contributed by atoms with Gasteiger partial charge in [-0.2, -0.15) is 0 Å². The summed E-state index contributed by atoms with van der Waals surface area (Å²) >= 11 is 0. The highest BCUT2D eigenvalue weighted by molar-refractivity contribution is 5.75. The third kappa shape index (κ3) is 2.98. The molecule has 3 rings (SSSR count). The van der Waals surface area contributed by atoms with Gasteiger partial charge in [0.25, 0.3) is 0 Å². The maximum absolute atomic E-state index is 10.3. The summed E-state index contributed by atoms with van der Waals surface area (Å²) < 4.78 is 2.06. The van der Waals surface area contributed by atoms with E-state index in [1.165, 1.54) is 11.1 Å². The molecule has 0 amide bonds. The van der Waals surface area contributed by atoms with E-state index in [0.29, 0.717) is 12.8 Å². The zero-order valence-corrected chi connectivity index (χ0v) is 12.5. The van der Waals surface area contributed by atoms with Gasteiger partial charge in [-0.15, -0.1) is 0 Å². The van der Waals surface area contributed by atoms with Crippen LogP contribution in [0.1, 0.15) is 17.0 Å². The molecule has 21 heavy (non-hydrogen) atoms. The summed E-state index contributed by atoms with van der Waals surface area (Å²) in [5, 5.41) is 10.3. The number of aryl methyl sites for hydroxylation is 2. The molecule has 3 heteroatoms. The first-order valence-corrected chi connectivity index (χ1v) is 7.27. The Morgan fingerprint density at radius 2 is 1.90 bits per heavy atom. The predicted molar refractivity (Wildman–Crippen MR) is 85.3 cm³/mol. The van der Waals surface area contributed by atoms with E-state index in [1.54, 1.807) is 0 Å². The van der Waals surface area contributed by atoms with Crippen molar-refractivity contribution >= 4 is 11.0 Å². The average molecular weight is 280 g/mol. The molecule has 0 aliphatic heterocycles. The zero-order valence-electron chi connectivity index (χ0n) is 12.5. The predicted octanol–water partition coefficient (Wildman–Crippen LogP) is 3.03. The number of nitrogens with zero attached hydrogens (tertiary/aromatic N) is 2. The fraction of sp³-hybridized carbons (Fsp3) is 0.278. The number of para-hydroxylation sites is 2. The summed E-state index contributed by atoms with van der Waals surface area (Å²) in [5.41, 5.74) is 4.48. The number of hydrogen-bond acceptors (Lipinski definition) is 2. The average Bonchev–Trinajstić information content (AvgIpc) is 2.76. The number of hydrogen-bond donors (Lipinski definition) is 1. The lowest BCUT2D eigenvalue weighted by Crippen LogP contribution is -2.16. The minimum Gasteiger partial charge on any atom is -0.392 e. The highest BCUT2D eigenvalue weighted by Crippen LogP contribution is 2.16. The molecular weight excluding hydrogens is 260 g/mol. The SMILES string of the molecule is Cc1cccc(CC(O)Cc2nc3ccccc3n2C)c1. The van der Waals surface area contributed by atoms with E-state index in [2.05, 4.69) is 40.7 Å². The lowest BCUT2D eigenvalue weighted by Gasteiger charge is -2.11. The van der Waals surface area contributed by atoms with Crippen molar-refractivity contribution in [3.05, 3.63) is 65.5 Å². The van der Waals surface area contributed by atoms with Gasteiger partial charge in [0, 0.05) is 13.5 Å². The van der Waals surface area contributed by atoms with Crippen LogP contribution in [0, 0.1) is 6.92 Å². The molecule has 0 saturated carbocycles. The summed E-state index contributed by atoms with van der Waals surface area (Å²) in [4.78, 5) is 4.61. The lowest BCUT2D eigenvalue weighted by molar-refractivity contribution is 0.172. The Hall–Kier alpha value is -2.13.